The number of rotatable bonds is 0. The second-order valence-electron chi connectivity index (χ2n) is 7.49. The molecule has 2 heterocycles. The number of hydrogen-bond acceptors (Lipinski definition) is 2. The third-order valence-corrected chi connectivity index (χ3v) is 6.17. The zero-order valence-corrected chi connectivity index (χ0v) is 13.5. The van der Waals surface area contributed by atoms with E-state index in [1.165, 1.54) is 30.4 Å². The van der Waals surface area contributed by atoms with Crippen LogP contribution in [0.3, 0.4) is 0 Å². The first-order valence-electron chi connectivity index (χ1n) is 9.01. The highest BCUT2D eigenvalue weighted by atomic mass is 16.1. The molecule has 0 atom stereocenters. The Hall–Kier alpha value is -1.90. The molecule has 1 saturated carbocycles. The summed E-state index contributed by atoms with van der Waals surface area (Å²) in [5, 5.41) is 0. The van der Waals surface area contributed by atoms with Crippen molar-refractivity contribution in [1.82, 2.24) is 9.55 Å². The van der Waals surface area contributed by atoms with Gasteiger partial charge < -0.3 is 0 Å². The summed E-state index contributed by atoms with van der Waals surface area (Å²) in [7, 11) is 0. The Bertz CT molecular complexity index is 843. The van der Waals surface area contributed by atoms with Crippen molar-refractivity contribution in [3.63, 3.8) is 0 Å². The lowest BCUT2D eigenvalue weighted by atomic mass is 9.62. The van der Waals surface area contributed by atoms with E-state index in [1.807, 2.05) is 4.57 Å². The van der Waals surface area contributed by atoms with Crippen LogP contribution >= 0.6 is 0 Å². The van der Waals surface area contributed by atoms with Crippen LogP contribution in [0.2, 0.25) is 0 Å². The number of fused-ring (bicyclic) bond motifs is 5. The Morgan fingerprint density at radius 3 is 2.74 bits per heavy atom. The topological polar surface area (TPSA) is 34.9 Å². The Morgan fingerprint density at radius 1 is 1.04 bits per heavy atom. The summed E-state index contributed by atoms with van der Waals surface area (Å²) in [5.41, 5.74) is 4.94. The van der Waals surface area contributed by atoms with Gasteiger partial charge in [-0.1, -0.05) is 43.5 Å². The molecule has 1 aromatic carbocycles. The molecule has 0 amide bonds. The van der Waals surface area contributed by atoms with Gasteiger partial charge in [-0.3, -0.25) is 9.36 Å². The highest BCUT2D eigenvalue weighted by molar-refractivity contribution is 5.71. The molecule has 1 aliphatic heterocycles. The smallest absolute Gasteiger partial charge is 0.257 e. The van der Waals surface area contributed by atoms with Gasteiger partial charge in [0.25, 0.3) is 5.56 Å². The van der Waals surface area contributed by atoms with Crippen LogP contribution in [0.15, 0.2) is 29.1 Å². The van der Waals surface area contributed by atoms with Gasteiger partial charge in [0.1, 0.15) is 5.82 Å². The molecule has 3 aliphatic rings. The fourth-order valence-electron chi connectivity index (χ4n) is 5.10. The second-order valence-corrected chi connectivity index (χ2v) is 7.49. The number of hydrogen-bond donors (Lipinski definition) is 0. The summed E-state index contributed by atoms with van der Waals surface area (Å²) >= 11 is 0. The van der Waals surface area contributed by atoms with E-state index in [-0.39, 0.29) is 11.0 Å². The van der Waals surface area contributed by atoms with Gasteiger partial charge in [0.2, 0.25) is 0 Å². The molecule has 118 valence electrons. The maximum absolute atomic E-state index is 13.3. The molecule has 0 radical (unpaired) electrons. The van der Waals surface area contributed by atoms with E-state index in [2.05, 4.69) is 24.3 Å². The number of aryl methyl sites for hydroxylation is 1. The van der Waals surface area contributed by atoms with Gasteiger partial charge in [0.15, 0.2) is 0 Å². The van der Waals surface area contributed by atoms with Crippen molar-refractivity contribution in [2.75, 3.05) is 0 Å². The third-order valence-electron chi connectivity index (χ3n) is 6.17. The summed E-state index contributed by atoms with van der Waals surface area (Å²) in [5.74, 6) is 0.997. The minimum absolute atomic E-state index is 0.0383. The SMILES string of the molecule is O=c1c2c(nc3n1CCC3)-c1ccccc1CC21CCCCC1. The number of benzene rings is 1. The first-order valence-corrected chi connectivity index (χ1v) is 9.01. The van der Waals surface area contributed by atoms with E-state index in [0.29, 0.717) is 0 Å². The van der Waals surface area contributed by atoms with E-state index in [0.717, 1.165) is 55.7 Å². The standard InChI is InChI=1S/C20H22N2O/c23-19-17-18(21-16-9-6-12-22(16)19)15-8-3-2-7-14(15)13-20(17)10-4-1-5-11-20/h2-3,7-8H,1,4-6,9-13H2. The molecule has 3 nitrogen and oxygen atoms in total. The Labute approximate surface area is 136 Å². The zero-order chi connectivity index (χ0) is 15.4. The molecule has 2 aromatic rings. The summed E-state index contributed by atoms with van der Waals surface area (Å²) in [6.07, 6.45) is 9.09. The highest BCUT2D eigenvalue weighted by Crippen LogP contribution is 2.48. The van der Waals surface area contributed by atoms with Gasteiger partial charge in [-0.25, -0.2) is 4.98 Å². The number of nitrogens with zero attached hydrogens (tertiary/aromatic N) is 2. The van der Waals surface area contributed by atoms with Crippen LogP contribution in [0, 0.1) is 0 Å². The lowest BCUT2D eigenvalue weighted by Crippen LogP contribution is -2.42. The molecule has 0 unspecified atom stereocenters. The summed E-state index contributed by atoms with van der Waals surface area (Å²) in [4.78, 5) is 18.3. The summed E-state index contributed by atoms with van der Waals surface area (Å²) in [6.45, 7) is 0.853. The average Bonchev–Trinajstić information content (AvgIpc) is 3.04. The average molecular weight is 306 g/mol. The van der Waals surface area contributed by atoms with Gasteiger partial charge in [-0.05, 0) is 31.2 Å². The van der Waals surface area contributed by atoms with Gasteiger partial charge in [0, 0.05) is 23.9 Å². The molecule has 1 aromatic heterocycles. The Kier molecular flexibility index (Phi) is 2.82. The minimum atomic E-state index is 0.0383. The molecular weight excluding hydrogens is 284 g/mol. The van der Waals surface area contributed by atoms with E-state index < -0.39 is 0 Å². The maximum atomic E-state index is 13.3. The van der Waals surface area contributed by atoms with Crippen LogP contribution in [0.4, 0.5) is 0 Å². The van der Waals surface area contributed by atoms with E-state index in [9.17, 15) is 4.79 Å². The molecule has 23 heavy (non-hydrogen) atoms. The first-order chi connectivity index (χ1) is 11.3. The predicted molar refractivity (Wildman–Crippen MR) is 90.7 cm³/mol. The van der Waals surface area contributed by atoms with Gasteiger partial charge in [0.05, 0.1) is 11.3 Å². The van der Waals surface area contributed by atoms with E-state index in [4.69, 9.17) is 4.98 Å². The quantitative estimate of drug-likeness (QED) is 0.745. The molecule has 1 spiro atoms. The molecule has 0 N–H and O–H groups in total. The lowest BCUT2D eigenvalue weighted by Gasteiger charge is -2.42. The van der Waals surface area contributed by atoms with E-state index in [1.54, 1.807) is 0 Å². The number of aromatic nitrogens is 2. The molecule has 3 heteroatoms. The first kappa shape index (κ1) is 13.5. The van der Waals surface area contributed by atoms with Crippen molar-refractivity contribution in [2.45, 2.75) is 63.3 Å². The van der Waals surface area contributed by atoms with Gasteiger partial charge >= 0.3 is 0 Å². The van der Waals surface area contributed by atoms with Crippen molar-refractivity contribution in [3.05, 3.63) is 51.6 Å². The van der Waals surface area contributed by atoms with Crippen molar-refractivity contribution >= 4 is 0 Å². The third kappa shape index (κ3) is 1.82. The van der Waals surface area contributed by atoms with Crippen LogP contribution in [0.25, 0.3) is 11.3 Å². The zero-order valence-electron chi connectivity index (χ0n) is 13.5. The van der Waals surface area contributed by atoms with Crippen LogP contribution in [0.1, 0.15) is 55.5 Å². The molecular formula is C20H22N2O. The normalized spacial score (nSPS) is 20.9. The fourth-order valence-corrected chi connectivity index (χ4v) is 5.10. The summed E-state index contributed by atoms with van der Waals surface area (Å²) < 4.78 is 1.96. The maximum Gasteiger partial charge on any atom is 0.257 e. The molecule has 1 fully saturated rings. The van der Waals surface area contributed by atoms with Crippen molar-refractivity contribution in [1.29, 1.82) is 0 Å². The van der Waals surface area contributed by atoms with Crippen molar-refractivity contribution < 1.29 is 0 Å². The van der Waals surface area contributed by atoms with Gasteiger partial charge in [-0.2, -0.15) is 0 Å². The largest absolute Gasteiger partial charge is 0.296 e. The summed E-state index contributed by atoms with van der Waals surface area (Å²) in [6, 6.07) is 8.60. The van der Waals surface area contributed by atoms with Crippen LogP contribution in [-0.4, -0.2) is 9.55 Å². The van der Waals surface area contributed by atoms with Crippen LogP contribution < -0.4 is 5.56 Å². The Balaban J connectivity index is 1.85. The Morgan fingerprint density at radius 2 is 1.87 bits per heavy atom. The van der Waals surface area contributed by atoms with Crippen LogP contribution in [0.5, 0.6) is 0 Å². The lowest BCUT2D eigenvalue weighted by molar-refractivity contribution is 0.283. The monoisotopic (exact) mass is 306 g/mol. The van der Waals surface area contributed by atoms with Crippen molar-refractivity contribution in [3.8, 4) is 11.3 Å². The highest BCUT2D eigenvalue weighted by Gasteiger charge is 2.43. The van der Waals surface area contributed by atoms with Gasteiger partial charge in [-0.15, -0.1) is 0 Å². The predicted octanol–water partition coefficient (Wildman–Crippen LogP) is 3.61. The molecule has 2 aliphatic carbocycles. The molecule has 0 saturated heterocycles. The van der Waals surface area contributed by atoms with Crippen LogP contribution in [-0.2, 0) is 24.8 Å². The molecule has 5 rings (SSSR count). The second kappa shape index (κ2) is 4.80. The van der Waals surface area contributed by atoms with Crippen molar-refractivity contribution in [2.24, 2.45) is 0 Å². The molecule has 0 bridgehead atoms. The minimum Gasteiger partial charge on any atom is -0.296 e. The van der Waals surface area contributed by atoms with E-state index >= 15 is 0 Å². The fraction of sp³-hybridized carbons (Fsp3) is 0.500.